The van der Waals surface area contributed by atoms with Crippen molar-refractivity contribution in [1.82, 2.24) is 10.6 Å². The molecule has 0 radical (unpaired) electrons. The van der Waals surface area contributed by atoms with Crippen LogP contribution in [0.2, 0.25) is 0 Å². The summed E-state index contributed by atoms with van der Waals surface area (Å²) in [7, 11) is 0.429. The van der Waals surface area contributed by atoms with Crippen molar-refractivity contribution in [2.75, 3.05) is 25.7 Å². The van der Waals surface area contributed by atoms with E-state index in [4.69, 9.17) is 4.74 Å². The van der Waals surface area contributed by atoms with Gasteiger partial charge in [0.15, 0.2) is 15.8 Å². The second-order valence-electron chi connectivity index (χ2n) is 5.53. The van der Waals surface area contributed by atoms with Crippen LogP contribution in [0.3, 0.4) is 0 Å². The summed E-state index contributed by atoms with van der Waals surface area (Å²) in [6.07, 6.45) is 0.626. The van der Waals surface area contributed by atoms with E-state index in [0.717, 1.165) is 16.9 Å². The molecule has 1 heterocycles. The quantitative estimate of drug-likeness (QED) is 0.634. The van der Waals surface area contributed by atoms with Crippen LogP contribution >= 0.6 is 0 Å². The van der Waals surface area contributed by atoms with Crippen LogP contribution in [0, 0.1) is 6.92 Å². The SMILES string of the molecule is CN=C(NCc1cc(C)cc(OC)c1)NC1CCS(=O)(=O)C1. The Hall–Kier alpha value is -1.76. The van der Waals surface area contributed by atoms with Crippen LogP contribution in [0.1, 0.15) is 17.5 Å². The third-order valence-corrected chi connectivity index (χ3v) is 5.37. The Balaban J connectivity index is 1.93. The van der Waals surface area contributed by atoms with Crippen molar-refractivity contribution in [3.05, 3.63) is 29.3 Å². The molecule has 6 nitrogen and oxygen atoms in total. The topological polar surface area (TPSA) is 79.8 Å². The summed E-state index contributed by atoms with van der Waals surface area (Å²) in [5.41, 5.74) is 2.21. The van der Waals surface area contributed by atoms with Crippen LogP contribution in [0.25, 0.3) is 0 Å². The summed E-state index contributed by atoms with van der Waals surface area (Å²) in [5.74, 6) is 1.85. The Morgan fingerprint density at radius 2 is 2.18 bits per heavy atom. The molecule has 2 rings (SSSR count). The summed E-state index contributed by atoms with van der Waals surface area (Å²) < 4.78 is 28.2. The van der Waals surface area contributed by atoms with Crippen molar-refractivity contribution in [2.24, 2.45) is 4.99 Å². The fourth-order valence-electron chi connectivity index (χ4n) is 2.53. The van der Waals surface area contributed by atoms with Gasteiger partial charge in [-0.25, -0.2) is 8.42 Å². The van der Waals surface area contributed by atoms with Gasteiger partial charge in [0, 0.05) is 19.6 Å². The Labute approximate surface area is 131 Å². The van der Waals surface area contributed by atoms with E-state index >= 15 is 0 Å². The van der Waals surface area contributed by atoms with E-state index in [1.807, 2.05) is 19.1 Å². The average Bonchev–Trinajstić information content (AvgIpc) is 2.81. The van der Waals surface area contributed by atoms with Crippen molar-refractivity contribution in [3.8, 4) is 5.75 Å². The average molecular weight is 325 g/mol. The normalized spacial score (nSPS) is 20.7. The monoisotopic (exact) mass is 325 g/mol. The van der Waals surface area contributed by atoms with E-state index in [1.54, 1.807) is 14.2 Å². The number of sulfone groups is 1. The second-order valence-corrected chi connectivity index (χ2v) is 7.76. The first-order chi connectivity index (χ1) is 10.4. The van der Waals surface area contributed by atoms with Crippen molar-refractivity contribution in [1.29, 1.82) is 0 Å². The predicted molar refractivity (Wildman–Crippen MR) is 88.1 cm³/mol. The van der Waals surface area contributed by atoms with Crippen LogP contribution in [0.15, 0.2) is 23.2 Å². The van der Waals surface area contributed by atoms with Gasteiger partial charge in [0.1, 0.15) is 5.75 Å². The molecule has 1 aliphatic rings. The molecule has 7 heteroatoms. The van der Waals surface area contributed by atoms with Gasteiger partial charge >= 0.3 is 0 Å². The predicted octanol–water partition coefficient (Wildman–Crippen LogP) is 0.856. The highest BCUT2D eigenvalue weighted by atomic mass is 32.2. The van der Waals surface area contributed by atoms with E-state index in [1.165, 1.54) is 0 Å². The summed E-state index contributed by atoms with van der Waals surface area (Å²) in [6.45, 7) is 2.61. The van der Waals surface area contributed by atoms with Gasteiger partial charge in [0.2, 0.25) is 0 Å². The summed E-state index contributed by atoms with van der Waals surface area (Å²) in [4.78, 5) is 4.15. The molecule has 1 fully saturated rings. The van der Waals surface area contributed by atoms with Crippen molar-refractivity contribution in [2.45, 2.75) is 25.9 Å². The smallest absolute Gasteiger partial charge is 0.191 e. The molecule has 0 saturated carbocycles. The van der Waals surface area contributed by atoms with Crippen LogP contribution in [0.4, 0.5) is 0 Å². The van der Waals surface area contributed by atoms with Crippen LogP contribution < -0.4 is 15.4 Å². The lowest BCUT2D eigenvalue weighted by Gasteiger charge is -2.16. The fraction of sp³-hybridized carbons (Fsp3) is 0.533. The fourth-order valence-corrected chi connectivity index (χ4v) is 4.20. The van der Waals surface area contributed by atoms with Gasteiger partial charge in [0.05, 0.1) is 18.6 Å². The molecule has 1 saturated heterocycles. The van der Waals surface area contributed by atoms with Gasteiger partial charge in [-0.2, -0.15) is 0 Å². The lowest BCUT2D eigenvalue weighted by Crippen LogP contribution is -2.43. The summed E-state index contributed by atoms with van der Waals surface area (Å²) >= 11 is 0. The molecule has 1 atom stereocenters. The van der Waals surface area contributed by atoms with Gasteiger partial charge in [-0.15, -0.1) is 0 Å². The first-order valence-corrected chi connectivity index (χ1v) is 9.06. The molecular formula is C15H23N3O3S. The zero-order valence-electron chi connectivity index (χ0n) is 13.2. The molecule has 1 aromatic rings. The number of methoxy groups -OCH3 is 1. The number of aliphatic imine (C=N–C) groups is 1. The van der Waals surface area contributed by atoms with Crippen LogP contribution in [-0.2, 0) is 16.4 Å². The molecule has 0 aromatic heterocycles. The highest BCUT2D eigenvalue weighted by Crippen LogP contribution is 2.16. The zero-order chi connectivity index (χ0) is 16.2. The third kappa shape index (κ3) is 4.62. The maximum Gasteiger partial charge on any atom is 0.191 e. The van der Waals surface area contributed by atoms with E-state index in [9.17, 15) is 8.42 Å². The molecule has 0 spiro atoms. The highest BCUT2D eigenvalue weighted by molar-refractivity contribution is 7.91. The van der Waals surface area contributed by atoms with Gasteiger partial charge in [-0.1, -0.05) is 6.07 Å². The standard InChI is InChI=1S/C15H23N3O3S/c1-11-6-12(8-14(7-11)21-3)9-17-15(16-2)18-13-4-5-22(19,20)10-13/h6-8,13H,4-5,9-10H2,1-3H3,(H2,16,17,18). The lowest BCUT2D eigenvalue weighted by molar-refractivity contribution is 0.414. The van der Waals surface area contributed by atoms with E-state index in [0.29, 0.717) is 18.9 Å². The molecule has 0 amide bonds. The summed E-state index contributed by atoms with van der Waals surface area (Å²) in [5, 5.41) is 6.37. The van der Waals surface area contributed by atoms with Crippen LogP contribution in [0.5, 0.6) is 5.75 Å². The number of ether oxygens (including phenoxy) is 1. The number of guanidine groups is 1. The zero-order valence-corrected chi connectivity index (χ0v) is 14.0. The largest absolute Gasteiger partial charge is 0.497 e. The highest BCUT2D eigenvalue weighted by Gasteiger charge is 2.28. The Bertz CT molecular complexity index is 656. The molecule has 122 valence electrons. The van der Waals surface area contributed by atoms with Crippen molar-refractivity contribution < 1.29 is 13.2 Å². The maximum atomic E-state index is 11.5. The van der Waals surface area contributed by atoms with E-state index < -0.39 is 9.84 Å². The number of nitrogens with zero attached hydrogens (tertiary/aromatic N) is 1. The molecule has 0 bridgehead atoms. The molecular weight excluding hydrogens is 302 g/mol. The van der Waals surface area contributed by atoms with Crippen molar-refractivity contribution >= 4 is 15.8 Å². The Morgan fingerprint density at radius 1 is 1.41 bits per heavy atom. The third-order valence-electron chi connectivity index (χ3n) is 3.60. The molecule has 0 aliphatic carbocycles. The second kappa shape index (κ2) is 7.00. The Kier molecular flexibility index (Phi) is 5.28. The maximum absolute atomic E-state index is 11.5. The number of benzene rings is 1. The van der Waals surface area contributed by atoms with Gasteiger partial charge < -0.3 is 15.4 Å². The first kappa shape index (κ1) is 16.6. The minimum Gasteiger partial charge on any atom is -0.497 e. The van der Waals surface area contributed by atoms with Crippen molar-refractivity contribution in [3.63, 3.8) is 0 Å². The number of aryl methyl sites for hydroxylation is 1. The molecule has 1 aliphatic heterocycles. The molecule has 22 heavy (non-hydrogen) atoms. The molecule has 1 unspecified atom stereocenters. The number of hydrogen-bond acceptors (Lipinski definition) is 4. The minimum absolute atomic E-state index is 0.0664. The lowest BCUT2D eigenvalue weighted by atomic mass is 10.1. The number of nitrogens with one attached hydrogen (secondary N) is 2. The van der Waals surface area contributed by atoms with E-state index in [2.05, 4.69) is 21.7 Å². The molecule has 1 aromatic carbocycles. The first-order valence-electron chi connectivity index (χ1n) is 7.24. The van der Waals surface area contributed by atoms with E-state index in [-0.39, 0.29) is 17.5 Å². The summed E-state index contributed by atoms with van der Waals surface area (Å²) in [6, 6.07) is 5.94. The van der Waals surface area contributed by atoms with Crippen LogP contribution in [-0.4, -0.2) is 46.1 Å². The Morgan fingerprint density at radius 3 is 2.77 bits per heavy atom. The van der Waals surface area contributed by atoms with Gasteiger partial charge in [-0.3, -0.25) is 4.99 Å². The minimum atomic E-state index is -2.89. The van der Waals surface area contributed by atoms with Gasteiger partial charge in [-0.05, 0) is 36.6 Å². The van der Waals surface area contributed by atoms with Gasteiger partial charge in [0.25, 0.3) is 0 Å². The number of rotatable bonds is 4. The number of hydrogen-bond donors (Lipinski definition) is 2. The molecule has 2 N–H and O–H groups in total.